The lowest BCUT2D eigenvalue weighted by Gasteiger charge is -2.35. The van der Waals surface area contributed by atoms with Crippen molar-refractivity contribution in [1.82, 2.24) is 4.90 Å². The smallest absolute Gasteiger partial charge is 0.0831 e. The van der Waals surface area contributed by atoms with Gasteiger partial charge >= 0.3 is 0 Å². The van der Waals surface area contributed by atoms with Crippen LogP contribution in [0.15, 0.2) is 29.4 Å². The fraction of sp³-hybridized carbons (Fsp3) is 0.533. The molecule has 3 nitrogen and oxygen atoms in total. The molecule has 0 radical (unpaired) electrons. The van der Waals surface area contributed by atoms with Crippen LogP contribution in [-0.4, -0.2) is 28.9 Å². The standard InChI is InChI=1S/C15H20N2O/c1-11-6-8-17(9-7-11)15-13-5-3-2-4-12(13)10-14(15)16-18/h2-5,11,15,18H,6-10H2,1H3/b16-14+/t15-/m0/s1. The maximum atomic E-state index is 9.25. The van der Waals surface area contributed by atoms with Crippen LogP contribution >= 0.6 is 0 Å². The third-order valence-corrected chi connectivity index (χ3v) is 4.35. The van der Waals surface area contributed by atoms with Crippen LogP contribution < -0.4 is 0 Å². The Kier molecular flexibility index (Phi) is 3.08. The lowest BCUT2D eigenvalue weighted by atomic mass is 9.96. The van der Waals surface area contributed by atoms with E-state index in [9.17, 15) is 5.21 Å². The average Bonchev–Trinajstić information content (AvgIpc) is 2.78. The molecule has 18 heavy (non-hydrogen) atoms. The van der Waals surface area contributed by atoms with Gasteiger partial charge in [0.25, 0.3) is 0 Å². The van der Waals surface area contributed by atoms with Crippen molar-refractivity contribution >= 4 is 5.71 Å². The first-order chi connectivity index (χ1) is 8.79. The molecule has 0 amide bonds. The van der Waals surface area contributed by atoms with Crippen molar-refractivity contribution < 1.29 is 5.21 Å². The van der Waals surface area contributed by atoms with Gasteiger partial charge in [0.2, 0.25) is 0 Å². The van der Waals surface area contributed by atoms with Crippen LogP contribution in [0.3, 0.4) is 0 Å². The molecule has 1 N–H and O–H groups in total. The topological polar surface area (TPSA) is 35.8 Å². The van der Waals surface area contributed by atoms with Gasteiger partial charge in [0, 0.05) is 6.42 Å². The number of piperidine rings is 1. The highest BCUT2D eigenvalue weighted by atomic mass is 16.4. The highest BCUT2D eigenvalue weighted by molar-refractivity contribution is 5.96. The Balaban J connectivity index is 1.90. The third-order valence-electron chi connectivity index (χ3n) is 4.35. The second kappa shape index (κ2) is 4.73. The minimum atomic E-state index is 0.207. The Morgan fingerprint density at radius 3 is 2.67 bits per heavy atom. The summed E-state index contributed by atoms with van der Waals surface area (Å²) in [6.45, 7) is 4.54. The quantitative estimate of drug-likeness (QED) is 0.609. The predicted octanol–water partition coefficient (Wildman–Crippen LogP) is 2.85. The average molecular weight is 244 g/mol. The van der Waals surface area contributed by atoms with Crippen LogP contribution in [0.2, 0.25) is 0 Å². The van der Waals surface area contributed by atoms with E-state index in [0.29, 0.717) is 0 Å². The summed E-state index contributed by atoms with van der Waals surface area (Å²) in [5, 5.41) is 12.8. The van der Waals surface area contributed by atoms with E-state index < -0.39 is 0 Å². The molecule has 0 bridgehead atoms. The van der Waals surface area contributed by atoms with E-state index in [4.69, 9.17) is 0 Å². The number of hydrogen-bond acceptors (Lipinski definition) is 3. The molecule has 1 atom stereocenters. The normalized spacial score (nSPS) is 27.6. The summed E-state index contributed by atoms with van der Waals surface area (Å²) in [5.74, 6) is 0.826. The van der Waals surface area contributed by atoms with Crippen LogP contribution in [-0.2, 0) is 6.42 Å². The molecule has 1 heterocycles. The van der Waals surface area contributed by atoms with Gasteiger partial charge in [-0.2, -0.15) is 0 Å². The van der Waals surface area contributed by atoms with Gasteiger partial charge in [0.15, 0.2) is 0 Å². The summed E-state index contributed by atoms with van der Waals surface area (Å²) in [6, 6.07) is 8.68. The maximum absolute atomic E-state index is 9.25. The Bertz CT molecular complexity index is 461. The predicted molar refractivity (Wildman–Crippen MR) is 72.1 cm³/mol. The molecule has 96 valence electrons. The van der Waals surface area contributed by atoms with Gasteiger partial charge in [-0.1, -0.05) is 36.3 Å². The lowest BCUT2D eigenvalue weighted by Crippen LogP contribution is -2.38. The third kappa shape index (κ3) is 1.93. The van der Waals surface area contributed by atoms with E-state index in [1.54, 1.807) is 0 Å². The van der Waals surface area contributed by atoms with E-state index in [0.717, 1.165) is 31.1 Å². The van der Waals surface area contributed by atoms with Gasteiger partial charge < -0.3 is 5.21 Å². The summed E-state index contributed by atoms with van der Waals surface area (Å²) in [4.78, 5) is 2.47. The first-order valence-electron chi connectivity index (χ1n) is 6.82. The largest absolute Gasteiger partial charge is 0.411 e. The Hall–Kier alpha value is -1.35. The van der Waals surface area contributed by atoms with Gasteiger partial charge in [-0.15, -0.1) is 0 Å². The van der Waals surface area contributed by atoms with Gasteiger partial charge in [-0.25, -0.2) is 0 Å². The van der Waals surface area contributed by atoms with E-state index >= 15 is 0 Å². The molecule has 0 saturated carbocycles. The molecular weight excluding hydrogens is 224 g/mol. The molecule has 1 aliphatic carbocycles. The van der Waals surface area contributed by atoms with Gasteiger partial charge in [-0.05, 0) is 43.0 Å². The maximum Gasteiger partial charge on any atom is 0.0831 e. The number of benzene rings is 1. The van der Waals surface area contributed by atoms with Crippen LogP contribution in [0.4, 0.5) is 0 Å². The number of rotatable bonds is 1. The highest BCUT2D eigenvalue weighted by Crippen LogP contribution is 2.35. The minimum absolute atomic E-state index is 0.207. The molecule has 0 spiro atoms. The number of nitrogens with zero attached hydrogens (tertiary/aromatic N) is 2. The molecular formula is C15H20N2O. The summed E-state index contributed by atoms with van der Waals surface area (Å²) >= 11 is 0. The summed E-state index contributed by atoms with van der Waals surface area (Å²) in [7, 11) is 0. The van der Waals surface area contributed by atoms with Gasteiger partial charge in [-0.3, -0.25) is 4.90 Å². The molecule has 3 heteroatoms. The lowest BCUT2D eigenvalue weighted by molar-refractivity contribution is 0.169. The molecule has 3 rings (SSSR count). The van der Waals surface area contributed by atoms with Crippen molar-refractivity contribution in [3.63, 3.8) is 0 Å². The molecule has 1 aromatic rings. The summed E-state index contributed by atoms with van der Waals surface area (Å²) < 4.78 is 0. The van der Waals surface area contributed by atoms with Crippen molar-refractivity contribution in [3.8, 4) is 0 Å². The first-order valence-corrected chi connectivity index (χ1v) is 6.82. The Labute approximate surface area is 108 Å². The van der Waals surface area contributed by atoms with Crippen molar-refractivity contribution in [2.75, 3.05) is 13.1 Å². The Morgan fingerprint density at radius 2 is 1.94 bits per heavy atom. The van der Waals surface area contributed by atoms with E-state index in [1.165, 1.54) is 24.0 Å². The van der Waals surface area contributed by atoms with Crippen molar-refractivity contribution in [3.05, 3.63) is 35.4 Å². The molecule has 1 aliphatic heterocycles. The highest BCUT2D eigenvalue weighted by Gasteiger charge is 2.34. The molecule has 1 aromatic carbocycles. The summed E-state index contributed by atoms with van der Waals surface area (Å²) in [5.41, 5.74) is 3.56. The molecule has 1 saturated heterocycles. The van der Waals surface area contributed by atoms with E-state index in [1.807, 2.05) is 0 Å². The number of oxime groups is 1. The van der Waals surface area contributed by atoms with Crippen molar-refractivity contribution in [2.24, 2.45) is 11.1 Å². The second-order valence-corrected chi connectivity index (χ2v) is 5.59. The molecule has 0 aromatic heterocycles. The second-order valence-electron chi connectivity index (χ2n) is 5.59. The fourth-order valence-corrected chi connectivity index (χ4v) is 3.22. The summed E-state index contributed by atoms with van der Waals surface area (Å²) in [6.07, 6.45) is 3.29. The molecule has 2 aliphatic rings. The number of fused-ring (bicyclic) bond motifs is 1. The van der Waals surface area contributed by atoms with Crippen LogP contribution in [0.5, 0.6) is 0 Å². The van der Waals surface area contributed by atoms with Gasteiger partial charge in [0.05, 0.1) is 11.8 Å². The van der Waals surface area contributed by atoms with Gasteiger partial charge in [0.1, 0.15) is 0 Å². The van der Waals surface area contributed by atoms with E-state index in [2.05, 4.69) is 41.2 Å². The first kappa shape index (κ1) is 11.7. The van der Waals surface area contributed by atoms with Crippen molar-refractivity contribution in [2.45, 2.75) is 32.2 Å². The minimum Gasteiger partial charge on any atom is -0.411 e. The van der Waals surface area contributed by atoms with Crippen LogP contribution in [0.25, 0.3) is 0 Å². The number of likely N-dealkylation sites (tertiary alicyclic amines) is 1. The van der Waals surface area contributed by atoms with Crippen molar-refractivity contribution in [1.29, 1.82) is 0 Å². The van der Waals surface area contributed by atoms with Crippen LogP contribution in [0, 0.1) is 5.92 Å². The number of hydrogen-bond donors (Lipinski definition) is 1. The Morgan fingerprint density at radius 1 is 1.22 bits per heavy atom. The zero-order chi connectivity index (χ0) is 12.5. The molecule has 0 unspecified atom stereocenters. The van der Waals surface area contributed by atoms with Crippen LogP contribution in [0.1, 0.15) is 36.9 Å². The SMILES string of the molecule is CC1CCN([C@@H]2/C(=N/O)Cc3ccccc32)CC1. The van der Waals surface area contributed by atoms with E-state index in [-0.39, 0.29) is 6.04 Å². The fourth-order valence-electron chi connectivity index (χ4n) is 3.22. The zero-order valence-electron chi connectivity index (χ0n) is 10.8. The zero-order valence-corrected chi connectivity index (χ0v) is 10.8. The monoisotopic (exact) mass is 244 g/mol. The molecule has 1 fully saturated rings.